The van der Waals surface area contributed by atoms with E-state index >= 15 is 0 Å². The van der Waals surface area contributed by atoms with Crippen molar-refractivity contribution < 1.29 is 18.4 Å². The first-order valence-corrected chi connectivity index (χ1v) is 12.9. The largest absolute Gasteiger partial charge is 0.355 e. The molecule has 2 aromatic carbocycles. The summed E-state index contributed by atoms with van der Waals surface area (Å²) in [4.78, 5) is 30.3. The minimum Gasteiger partial charge on any atom is -0.355 e. The van der Waals surface area contributed by atoms with Crippen LogP contribution < -0.4 is 5.32 Å². The Labute approximate surface area is 216 Å². The minimum atomic E-state index is -0.620. The minimum absolute atomic E-state index is 0.0107. The SMILES string of the molecule is CNC(=O)c1cc(Cl)ccc1C1CCN(C(=O)C2CN(C(C)(C)C)C[C@@H]2c2ccc(F)cc2F)CC1. The summed E-state index contributed by atoms with van der Waals surface area (Å²) in [5, 5.41) is 3.18. The Hall–Kier alpha value is -2.51. The molecule has 2 aliphatic heterocycles. The third-order valence-corrected chi connectivity index (χ3v) is 7.92. The molecule has 1 N–H and O–H groups in total. The van der Waals surface area contributed by atoms with Gasteiger partial charge in [0.15, 0.2) is 0 Å². The first kappa shape index (κ1) is 26.6. The van der Waals surface area contributed by atoms with E-state index in [2.05, 4.69) is 31.0 Å². The lowest BCUT2D eigenvalue weighted by Crippen LogP contribution is -2.44. The molecule has 0 bridgehead atoms. The molecule has 194 valence electrons. The molecular formula is C28H34ClF2N3O2. The van der Waals surface area contributed by atoms with Gasteiger partial charge in [0, 0.05) is 61.3 Å². The van der Waals surface area contributed by atoms with Gasteiger partial charge in [-0.1, -0.05) is 23.7 Å². The lowest BCUT2D eigenvalue weighted by atomic mass is 9.84. The Morgan fingerprint density at radius 2 is 1.67 bits per heavy atom. The van der Waals surface area contributed by atoms with Crippen LogP contribution in [-0.4, -0.2) is 60.4 Å². The van der Waals surface area contributed by atoms with Crippen molar-refractivity contribution in [1.82, 2.24) is 15.1 Å². The predicted molar refractivity (Wildman–Crippen MR) is 137 cm³/mol. The molecule has 2 aromatic rings. The van der Waals surface area contributed by atoms with Crippen molar-refractivity contribution in [2.24, 2.45) is 5.92 Å². The highest BCUT2D eigenvalue weighted by molar-refractivity contribution is 6.31. The molecule has 0 saturated carbocycles. The third-order valence-electron chi connectivity index (χ3n) is 7.68. The normalized spacial score (nSPS) is 21.6. The van der Waals surface area contributed by atoms with Crippen LogP contribution >= 0.6 is 11.6 Å². The molecule has 0 aromatic heterocycles. The average Bonchev–Trinajstić information content (AvgIpc) is 3.29. The zero-order chi connectivity index (χ0) is 26.2. The van der Waals surface area contributed by atoms with Crippen LogP contribution in [0.4, 0.5) is 8.78 Å². The molecule has 2 atom stereocenters. The van der Waals surface area contributed by atoms with Crippen LogP contribution in [0.2, 0.25) is 5.02 Å². The molecule has 2 fully saturated rings. The number of carbonyl (C=O) groups excluding carboxylic acids is 2. The first-order valence-electron chi connectivity index (χ1n) is 12.5. The maximum Gasteiger partial charge on any atom is 0.251 e. The predicted octanol–water partition coefficient (Wildman–Crippen LogP) is 5.20. The van der Waals surface area contributed by atoms with Crippen molar-refractivity contribution in [2.75, 3.05) is 33.2 Å². The Morgan fingerprint density at radius 3 is 2.28 bits per heavy atom. The van der Waals surface area contributed by atoms with Crippen molar-refractivity contribution >= 4 is 23.4 Å². The summed E-state index contributed by atoms with van der Waals surface area (Å²) in [7, 11) is 1.59. The number of hydrogen-bond donors (Lipinski definition) is 1. The molecule has 4 rings (SSSR count). The number of nitrogens with zero attached hydrogens (tertiary/aromatic N) is 2. The fraction of sp³-hybridized carbons (Fsp3) is 0.500. The molecule has 2 aliphatic rings. The number of nitrogens with one attached hydrogen (secondary N) is 1. The van der Waals surface area contributed by atoms with E-state index in [9.17, 15) is 18.4 Å². The van der Waals surface area contributed by atoms with Crippen LogP contribution in [0.1, 0.15) is 66.9 Å². The summed E-state index contributed by atoms with van der Waals surface area (Å²) in [6.07, 6.45) is 1.45. The van der Waals surface area contributed by atoms with Gasteiger partial charge in [0.05, 0.1) is 5.92 Å². The molecule has 36 heavy (non-hydrogen) atoms. The fourth-order valence-corrected chi connectivity index (χ4v) is 5.75. The van der Waals surface area contributed by atoms with Gasteiger partial charge >= 0.3 is 0 Å². The van der Waals surface area contributed by atoms with Gasteiger partial charge in [-0.25, -0.2) is 8.78 Å². The molecule has 0 spiro atoms. The smallest absolute Gasteiger partial charge is 0.251 e. The number of likely N-dealkylation sites (tertiary alicyclic amines) is 2. The zero-order valence-electron chi connectivity index (χ0n) is 21.3. The quantitative estimate of drug-likeness (QED) is 0.606. The van der Waals surface area contributed by atoms with Crippen LogP contribution in [0, 0.1) is 17.6 Å². The van der Waals surface area contributed by atoms with Crippen LogP contribution in [0.25, 0.3) is 0 Å². The van der Waals surface area contributed by atoms with E-state index in [0.29, 0.717) is 42.3 Å². The van der Waals surface area contributed by atoms with Crippen molar-refractivity contribution in [1.29, 1.82) is 0 Å². The molecule has 5 nitrogen and oxygen atoms in total. The van der Waals surface area contributed by atoms with E-state index < -0.39 is 17.6 Å². The number of piperidine rings is 1. The highest BCUT2D eigenvalue weighted by atomic mass is 35.5. The van der Waals surface area contributed by atoms with Crippen molar-refractivity contribution in [3.05, 3.63) is 69.7 Å². The Kier molecular flexibility index (Phi) is 7.72. The molecule has 0 radical (unpaired) electrons. The van der Waals surface area contributed by atoms with E-state index in [-0.39, 0.29) is 29.2 Å². The number of carbonyl (C=O) groups is 2. The van der Waals surface area contributed by atoms with E-state index in [1.165, 1.54) is 12.1 Å². The highest BCUT2D eigenvalue weighted by Crippen LogP contribution is 2.40. The topological polar surface area (TPSA) is 52.7 Å². The summed E-state index contributed by atoms with van der Waals surface area (Å²) in [5.41, 5.74) is 1.73. The van der Waals surface area contributed by atoms with Gasteiger partial charge in [-0.15, -0.1) is 0 Å². The van der Waals surface area contributed by atoms with E-state index in [0.717, 1.165) is 24.5 Å². The van der Waals surface area contributed by atoms with Gasteiger partial charge in [0.2, 0.25) is 5.91 Å². The molecule has 8 heteroatoms. The number of amides is 2. The summed E-state index contributed by atoms with van der Waals surface area (Å²) < 4.78 is 28.4. The first-order chi connectivity index (χ1) is 17.0. The summed E-state index contributed by atoms with van der Waals surface area (Å²) >= 11 is 6.14. The monoisotopic (exact) mass is 517 g/mol. The number of hydrogen-bond acceptors (Lipinski definition) is 3. The second-order valence-corrected chi connectivity index (χ2v) is 11.3. The fourth-order valence-electron chi connectivity index (χ4n) is 5.58. The summed E-state index contributed by atoms with van der Waals surface area (Å²) in [6, 6.07) is 9.03. The lowest BCUT2D eigenvalue weighted by molar-refractivity contribution is -0.136. The Morgan fingerprint density at radius 1 is 1.00 bits per heavy atom. The number of benzene rings is 2. The van der Waals surface area contributed by atoms with Gasteiger partial charge in [-0.3, -0.25) is 14.5 Å². The zero-order valence-corrected chi connectivity index (χ0v) is 22.0. The molecule has 2 amide bonds. The van der Waals surface area contributed by atoms with Crippen molar-refractivity contribution in [3.63, 3.8) is 0 Å². The number of rotatable bonds is 4. The molecule has 2 saturated heterocycles. The standard InChI is InChI=1S/C28H34ClF2N3O2/c1-28(2,3)34-15-23(21-8-6-19(30)14-25(21)31)24(16-34)27(36)33-11-9-17(10-12-33)20-7-5-18(29)13-22(20)26(35)32-4/h5-8,13-14,17,23-24H,9-12,15-16H2,1-4H3,(H,32,35)/t23-,24?/m1/s1. The summed E-state index contributed by atoms with van der Waals surface area (Å²) in [5.74, 6) is -2.00. The van der Waals surface area contributed by atoms with Gasteiger partial charge in [0.1, 0.15) is 11.6 Å². The van der Waals surface area contributed by atoms with E-state index in [1.54, 1.807) is 19.2 Å². The van der Waals surface area contributed by atoms with Gasteiger partial charge in [-0.05, 0) is 68.9 Å². The maximum absolute atomic E-state index is 14.8. The second-order valence-electron chi connectivity index (χ2n) is 10.9. The van der Waals surface area contributed by atoms with Gasteiger partial charge in [0.25, 0.3) is 5.91 Å². The molecule has 0 aliphatic carbocycles. The van der Waals surface area contributed by atoms with E-state index in [1.807, 2.05) is 11.0 Å². The molecular weight excluding hydrogens is 484 g/mol. The second kappa shape index (κ2) is 10.5. The lowest BCUT2D eigenvalue weighted by Gasteiger charge is -2.35. The van der Waals surface area contributed by atoms with Crippen molar-refractivity contribution in [2.45, 2.75) is 51.0 Å². The average molecular weight is 518 g/mol. The Bertz CT molecular complexity index is 1140. The highest BCUT2D eigenvalue weighted by Gasteiger charge is 2.44. The van der Waals surface area contributed by atoms with Gasteiger partial charge < -0.3 is 10.2 Å². The Balaban J connectivity index is 1.52. The van der Waals surface area contributed by atoms with Crippen LogP contribution in [0.5, 0.6) is 0 Å². The molecule has 2 heterocycles. The maximum atomic E-state index is 14.8. The van der Waals surface area contributed by atoms with Crippen molar-refractivity contribution in [3.8, 4) is 0 Å². The molecule has 1 unspecified atom stereocenters. The third kappa shape index (κ3) is 5.42. The van der Waals surface area contributed by atoms with Crippen LogP contribution in [-0.2, 0) is 4.79 Å². The summed E-state index contributed by atoms with van der Waals surface area (Å²) in [6.45, 7) is 8.44. The number of halogens is 3. The van der Waals surface area contributed by atoms with Crippen LogP contribution in [0.15, 0.2) is 36.4 Å². The van der Waals surface area contributed by atoms with E-state index in [4.69, 9.17) is 11.6 Å². The van der Waals surface area contributed by atoms with Gasteiger partial charge in [-0.2, -0.15) is 0 Å². The van der Waals surface area contributed by atoms with Crippen LogP contribution in [0.3, 0.4) is 0 Å².